The van der Waals surface area contributed by atoms with Gasteiger partial charge in [0.15, 0.2) is 0 Å². The number of anilines is 1. The van der Waals surface area contributed by atoms with Crippen molar-refractivity contribution in [3.63, 3.8) is 0 Å². The fourth-order valence-corrected chi connectivity index (χ4v) is 1.93. The Labute approximate surface area is 113 Å². The highest BCUT2D eigenvalue weighted by Crippen LogP contribution is 2.22. The van der Waals surface area contributed by atoms with Crippen LogP contribution in [0.3, 0.4) is 0 Å². The molecule has 0 fully saturated rings. The minimum absolute atomic E-state index is 0.285. The highest BCUT2D eigenvalue weighted by Gasteiger charge is 2.06. The van der Waals surface area contributed by atoms with Gasteiger partial charge in [-0.05, 0) is 17.5 Å². The number of rotatable bonds is 2. The normalized spacial score (nSPS) is 10.7. The predicted octanol–water partition coefficient (Wildman–Crippen LogP) is 2.12. The molecule has 0 bridgehead atoms. The number of nitrogens with zero attached hydrogens (tertiary/aromatic N) is 4. The Balaban J connectivity index is 2.06. The molecule has 2 N–H and O–H groups in total. The molecule has 0 aliphatic rings. The van der Waals surface area contributed by atoms with E-state index >= 15 is 0 Å². The molecule has 1 amide bonds. The van der Waals surface area contributed by atoms with Crippen LogP contribution in [0.2, 0.25) is 0 Å². The summed E-state index contributed by atoms with van der Waals surface area (Å²) in [7, 11) is 1.84. The number of hydrogen-bond acceptors (Lipinski definition) is 4. The van der Waals surface area contributed by atoms with E-state index in [1.54, 1.807) is 29.3 Å². The van der Waals surface area contributed by atoms with E-state index in [1.807, 2.05) is 19.3 Å². The fraction of sp³-hybridized carbons (Fsp3) is 0.0769. The van der Waals surface area contributed by atoms with Gasteiger partial charge < -0.3 is 5.11 Å². The molecular formula is C13H11N5O2. The van der Waals surface area contributed by atoms with Crippen LogP contribution in [0.25, 0.3) is 22.0 Å². The number of amides is 1. The summed E-state index contributed by atoms with van der Waals surface area (Å²) in [4.78, 5) is 19.0. The maximum Gasteiger partial charge on any atom is 0.410 e. The highest BCUT2D eigenvalue weighted by atomic mass is 16.4. The van der Waals surface area contributed by atoms with Crippen LogP contribution in [0.4, 0.5) is 10.6 Å². The van der Waals surface area contributed by atoms with Crippen LogP contribution in [-0.4, -0.2) is 30.9 Å². The molecule has 3 rings (SSSR count). The lowest BCUT2D eigenvalue weighted by Gasteiger charge is -2.03. The lowest BCUT2D eigenvalue weighted by Crippen LogP contribution is -2.08. The van der Waals surface area contributed by atoms with Crippen molar-refractivity contribution in [2.45, 2.75) is 0 Å². The summed E-state index contributed by atoms with van der Waals surface area (Å²) in [6.45, 7) is 0. The molecule has 0 spiro atoms. The maximum absolute atomic E-state index is 10.6. The van der Waals surface area contributed by atoms with Crippen molar-refractivity contribution < 1.29 is 9.90 Å². The molecule has 0 radical (unpaired) electrons. The molecule has 7 heteroatoms. The van der Waals surface area contributed by atoms with E-state index in [0.717, 1.165) is 22.0 Å². The Morgan fingerprint density at radius 3 is 2.70 bits per heavy atom. The van der Waals surface area contributed by atoms with Gasteiger partial charge >= 0.3 is 6.09 Å². The van der Waals surface area contributed by atoms with Gasteiger partial charge in [-0.2, -0.15) is 5.10 Å². The van der Waals surface area contributed by atoms with Gasteiger partial charge in [0.2, 0.25) is 0 Å². The van der Waals surface area contributed by atoms with E-state index in [4.69, 9.17) is 5.11 Å². The smallest absolute Gasteiger partial charge is 0.410 e. The number of hydrogen-bond donors (Lipinski definition) is 2. The molecule has 3 aromatic heterocycles. The zero-order valence-corrected chi connectivity index (χ0v) is 10.6. The summed E-state index contributed by atoms with van der Waals surface area (Å²) in [6.07, 6.45) is 5.74. The quantitative estimate of drug-likeness (QED) is 0.743. The van der Waals surface area contributed by atoms with Crippen LogP contribution in [0.1, 0.15) is 0 Å². The van der Waals surface area contributed by atoms with E-state index in [2.05, 4.69) is 20.4 Å². The zero-order chi connectivity index (χ0) is 14.1. The van der Waals surface area contributed by atoms with Crippen molar-refractivity contribution in [2.75, 3.05) is 5.32 Å². The van der Waals surface area contributed by atoms with Crippen molar-refractivity contribution in [1.82, 2.24) is 19.7 Å². The predicted molar refractivity (Wildman–Crippen MR) is 73.4 cm³/mol. The third-order valence-corrected chi connectivity index (χ3v) is 2.84. The number of carbonyl (C=O) groups is 1. The summed E-state index contributed by atoms with van der Waals surface area (Å²) in [5.41, 5.74) is 1.68. The Hall–Kier alpha value is -2.96. The summed E-state index contributed by atoms with van der Waals surface area (Å²) in [5.74, 6) is 0.285. The average molecular weight is 269 g/mol. The summed E-state index contributed by atoms with van der Waals surface area (Å²) >= 11 is 0. The van der Waals surface area contributed by atoms with Crippen LogP contribution in [0.15, 0.2) is 36.9 Å². The molecule has 0 aliphatic carbocycles. The van der Waals surface area contributed by atoms with E-state index in [9.17, 15) is 4.79 Å². The van der Waals surface area contributed by atoms with E-state index in [0.29, 0.717) is 0 Å². The van der Waals surface area contributed by atoms with Gasteiger partial charge in [0, 0.05) is 36.6 Å². The number of aromatic nitrogens is 4. The molecular weight excluding hydrogens is 258 g/mol. The minimum atomic E-state index is -1.14. The number of pyridine rings is 2. The Morgan fingerprint density at radius 1 is 1.20 bits per heavy atom. The molecule has 0 unspecified atom stereocenters. The summed E-state index contributed by atoms with van der Waals surface area (Å²) in [5, 5.41) is 16.7. The van der Waals surface area contributed by atoms with Gasteiger partial charge in [-0.15, -0.1) is 0 Å². The number of aryl methyl sites for hydroxylation is 1. The first-order valence-corrected chi connectivity index (χ1v) is 5.86. The molecule has 20 heavy (non-hydrogen) atoms. The first-order valence-electron chi connectivity index (χ1n) is 5.86. The maximum atomic E-state index is 10.6. The molecule has 0 saturated heterocycles. The van der Waals surface area contributed by atoms with Crippen LogP contribution in [0, 0.1) is 0 Å². The van der Waals surface area contributed by atoms with Crippen molar-refractivity contribution in [1.29, 1.82) is 0 Å². The van der Waals surface area contributed by atoms with Crippen molar-refractivity contribution in [3.8, 4) is 11.3 Å². The number of fused-ring (bicyclic) bond motifs is 1. The lowest BCUT2D eigenvalue weighted by molar-refractivity contribution is 0.209. The van der Waals surface area contributed by atoms with E-state index < -0.39 is 6.09 Å². The average Bonchev–Trinajstić information content (AvgIpc) is 2.84. The van der Waals surface area contributed by atoms with Crippen LogP contribution >= 0.6 is 0 Å². The second-order valence-corrected chi connectivity index (χ2v) is 4.32. The third-order valence-electron chi connectivity index (χ3n) is 2.84. The van der Waals surface area contributed by atoms with Gasteiger partial charge in [0.05, 0.1) is 11.9 Å². The van der Waals surface area contributed by atoms with Crippen molar-refractivity contribution in [3.05, 3.63) is 36.9 Å². The molecule has 0 aromatic carbocycles. The van der Waals surface area contributed by atoms with Gasteiger partial charge in [-0.25, -0.2) is 9.78 Å². The second-order valence-electron chi connectivity index (χ2n) is 4.32. The Kier molecular flexibility index (Phi) is 2.79. The highest BCUT2D eigenvalue weighted by molar-refractivity contribution is 5.89. The summed E-state index contributed by atoms with van der Waals surface area (Å²) in [6, 6.07) is 3.55. The monoisotopic (exact) mass is 269 g/mol. The number of nitrogens with one attached hydrogen (secondary N) is 1. The molecule has 100 valence electrons. The zero-order valence-electron chi connectivity index (χ0n) is 10.6. The molecule has 0 saturated carbocycles. The first kappa shape index (κ1) is 12.1. The van der Waals surface area contributed by atoms with Crippen LogP contribution in [0.5, 0.6) is 0 Å². The molecule has 3 aromatic rings. The van der Waals surface area contributed by atoms with Crippen molar-refractivity contribution >= 4 is 22.7 Å². The first-order chi connectivity index (χ1) is 9.61. The van der Waals surface area contributed by atoms with E-state index in [-0.39, 0.29) is 5.82 Å². The van der Waals surface area contributed by atoms with E-state index in [1.165, 1.54) is 0 Å². The standard InChI is InChI=1S/C13H11N5O2/c1-18-7-10(6-16-18)11-2-8-3-12(17-13(19)20)15-5-9(8)4-14-11/h2-7H,1H3,(H,15,17)(H,19,20). The van der Waals surface area contributed by atoms with Crippen LogP contribution < -0.4 is 5.32 Å². The fourth-order valence-electron chi connectivity index (χ4n) is 1.93. The minimum Gasteiger partial charge on any atom is -0.465 e. The SMILES string of the molecule is Cn1cc(-c2cc3cc(NC(=O)O)ncc3cn2)cn1. The summed E-state index contributed by atoms with van der Waals surface area (Å²) < 4.78 is 1.70. The van der Waals surface area contributed by atoms with Crippen molar-refractivity contribution in [2.24, 2.45) is 7.05 Å². The largest absolute Gasteiger partial charge is 0.465 e. The van der Waals surface area contributed by atoms with Gasteiger partial charge in [0.1, 0.15) is 5.82 Å². The van der Waals surface area contributed by atoms with Gasteiger partial charge in [-0.1, -0.05) is 0 Å². The molecule has 0 atom stereocenters. The molecule has 0 aliphatic heterocycles. The third kappa shape index (κ3) is 2.28. The Bertz CT molecular complexity index is 796. The van der Waals surface area contributed by atoms with Gasteiger partial charge in [-0.3, -0.25) is 15.0 Å². The van der Waals surface area contributed by atoms with Crippen LogP contribution in [-0.2, 0) is 7.05 Å². The molecule has 7 nitrogen and oxygen atoms in total. The lowest BCUT2D eigenvalue weighted by atomic mass is 10.1. The second kappa shape index (κ2) is 4.61. The number of carboxylic acid groups (broad SMARTS) is 1. The molecule has 3 heterocycles. The Morgan fingerprint density at radius 2 is 2.00 bits per heavy atom. The topological polar surface area (TPSA) is 92.9 Å². The van der Waals surface area contributed by atoms with Gasteiger partial charge in [0.25, 0.3) is 0 Å².